The number of rotatable bonds is 3. The average Bonchev–Trinajstić information content (AvgIpc) is 2.34. The summed E-state index contributed by atoms with van der Waals surface area (Å²) in [5.41, 5.74) is -0.0284. The van der Waals surface area contributed by atoms with E-state index in [-0.39, 0.29) is 10.6 Å². The number of ether oxygens (including phenoxy) is 1. The zero-order valence-electron chi connectivity index (χ0n) is 8.80. The summed E-state index contributed by atoms with van der Waals surface area (Å²) in [7, 11) is 0. The van der Waals surface area contributed by atoms with Crippen molar-refractivity contribution in [1.29, 1.82) is 0 Å². The monoisotopic (exact) mass is 328 g/mol. The van der Waals surface area contributed by atoms with Crippen LogP contribution in [-0.2, 0) is 0 Å². The van der Waals surface area contributed by atoms with Gasteiger partial charge in [0.2, 0.25) is 5.88 Å². The Hall–Kier alpha value is -1.66. The van der Waals surface area contributed by atoms with E-state index >= 15 is 0 Å². The smallest absolute Gasteiger partial charge is 0.337 e. The summed E-state index contributed by atoms with van der Waals surface area (Å²) in [6.07, 6.45) is 2.85. The molecule has 7 heteroatoms. The van der Waals surface area contributed by atoms with Crippen LogP contribution in [0.2, 0.25) is 5.02 Å². The van der Waals surface area contributed by atoms with Gasteiger partial charge in [-0.2, -0.15) is 0 Å². The van der Waals surface area contributed by atoms with E-state index in [2.05, 4.69) is 25.9 Å². The molecule has 0 unspecified atom stereocenters. The standard InChI is InChI=1S/C11H6BrClN2O3/c12-8-4-14-5-15-10(8)18-6-1-2-9(13)7(3-6)11(16)17/h1-5H,(H,16,17). The maximum absolute atomic E-state index is 10.9. The van der Waals surface area contributed by atoms with Crippen molar-refractivity contribution in [3.05, 3.63) is 45.8 Å². The molecule has 0 saturated carbocycles. The van der Waals surface area contributed by atoms with E-state index in [9.17, 15) is 4.79 Å². The predicted octanol–water partition coefficient (Wildman–Crippen LogP) is 3.38. The lowest BCUT2D eigenvalue weighted by Gasteiger charge is -2.07. The van der Waals surface area contributed by atoms with Gasteiger partial charge in [0, 0.05) is 6.20 Å². The summed E-state index contributed by atoms with van der Waals surface area (Å²) in [6, 6.07) is 4.35. The lowest BCUT2D eigenvalue weighted by molar-refractivity contribution is 0.0696. The lowest BCUT2D eigenvalue weighted by atomic mass is 10.2. The molecule has 0 fully saturated rings. The van der Waals surface area contributed by atoms with Crippen molar-refractivity contribution in [3.8, 4) is 11.6 Å². The Labute approximate surface area is 116 Å². The fourth-order valence-electron chi connectivity index (χ4n) is 1.22. The van der Waals surface area contributed by atoms with Gasteiger partial charge in [-0.15, -0.1) is 0 Å². The molecule has 1 aromatic heterocycles. The van der Waals surface area contributed by atoms with Crippen LogP contribution in [0.3, 0.4) is 0 Å². The van der Waals surface area contributed by atoms with Gasteiger partial charge in [0.05, 0.1) is 15.1 Å². The van der Waals surface area contributed by atoms with E-state index in [1.165, 1.54) is 24.7 Å². The zero-order valence-corrected chi connectivity index (χ0v) is 11.1. The average molecular weight is 330 g/mol. The number of halogens is 2. The first-order valence-corrected chi connectivity index (χ1v) is 5.91. The molecule has 0 spiro atoms. The molecular weight excluding hydrogens is 323 g/mol. The number of carbonyl (C=O) groups is 1. The molecule has 0 aliphatic heterocycles. The summed E-state index contributed by atoms with van der Waals surface area (Å²) in [4.78, 5) is 18.6. The first kappa shape index (κ1) is 12.8. The summed E-state index contributed by atoms with van der Waals surface area (Å²) < 4.78 is 6.00. The molecule has 0 bridgehead atoms. The fourth-order valence-corrected chi connectivity index (χ4v) is 1.72. The Balaban J connectivity index is 2.33. The van der Waals surface area contributed by atoms with Crippen molar-refractivity contribution in [2.45, 2.75) is 0 Å². The van der Waals surface area contributed by atoms with Crippen LogP contribution < -0.4 is 4.74 Å². The molecule has 1 aromatic carbocycles. The highest BCUT2D eigenvalue weighted by Gasteiger charge is 2.11. The van der Waals surface area contributed by atoms with Crippen LogP contribution in [-0.4, -0.2) is 21.0 Å². The summed E-state index contributed by atoms with van der Waals surface area (Å²) >= 11 is 8.98. The molecule has 0 radical (unpaired) electrons. The van der Waals surface area contributed by atoms with Gasteiger partial charge in [-0.1, -0.05) is 11.6 Å². The minimum Gasteiger partial charge on any atom is -0.478 e. The first-order valence-electron chi connectivity index (χ1n) is 4.74. The second-order valence-corrected chi connectivity index (χ2v) is 4.49. The highest BCUT2D eigenvalue weighted by atomic mass is 79.9. The van der Waals surface area contributed by atoms with E-state index < -0.39 is 5.97 Å². The lowest BCUT2D eigenvalue weighted by Crippen LogP contribution is -1.98. The minimum absolute atomic E-state index is 0.0284. The van der Waals surface area contributed by atoms with Crippen LogP contribution in [0.4, 0.5) is 0 Å². The molecule has 0 amide bonds. The molecule has 18 heavy (non-hydrogen) atoms. The Morgan fingerprint density at radius 1 is 1.44 bits per heavy atom. The number of carboxylic acid groups (broad SMARTS) is 1. The maximum atomic E-state index is 10.9. The molecule has 0 aliphatic carbocycles. The molecule has 2 aromatic rings. The number of nitrogens with zero attached hydrogens (tertiary/aromatic N) is 2. The van der Waals surface area contributed by atoms with Crippen molar-refractivity contribution < 1.29 is 14.6 Å². The summed E-state index contributed by atoms with van der Waals surface area (Å²) in [6.45, 7) is 0. The van der Waals surface area contributed by atoms with E-state index in [4.69, 9.17) is 21.4 Å². The van der Waals surface area contributed by atoms with E-state index in [1.54, 1.807) is 6.07 Å². The number of aromatic carboxylic acids is 1. The minimum atomic E-state index is -1.12. The van der Waals surface area contributed by atoms with Gasteiger partial charge < -0.3 is 9.84 Å². The molecule has 5 nitrogen and oxygen atoms in total. The number of hydrogen-bond donors (Lipinski definition) is 1. The van der Waals surface area contributed by atoms with Crippen molar-refractivity contribution in [3.63, 3.8) is 0 Å². The first-order chi connectivity index (χ1) is 8.58. The molecule has 1 N–H and O–H groups in total. The molecule has 92 valence electrons. The highest BCUT2D eigenvalue weighted by Crippen LogP contribution is 2.28. The van der Waals surface area contributed by atoms with Crippen molar-refractivity contribution in [1.82, 2.24) is 9.97 Å². The third-order valence-electron chi connectivity index (χ3n) is 2.02. The van der Waals surface area contributed by atoms with Gasteiger partial charge in [-0.3, -0.25) is 0 Å². The topological polar surface area (TPSA) is 72.3 Å². The molecule has 0 atom stereocenters. The van der Waals surface area contributed by atoms with Crippen LogP contribution in [0.5, 0.6) is 11.6 Å². The molecule has 2 rings (SSSR count). The highest BCUT2D eigenvalue weighted by molar-refractivity contribution is 9.10. The molecule has 0 saturated heterocycles. The number of aromatic nitrogens is 2. The zero-order chi connectivity index (χ0) is 13.1. The quantitative estimate of drug-likeness (QED) is 0.934. The number of benzene rings is 1. The molecular formula is C11H6BrClN2O3. The van der Waals surface area contributed by atoms with Crippen LogP contribution in [0, 0.1) is 0 Å². The fraction of sp³-hybridized carbons (Fsp3) is 0. The van der Waals surface area contributed by atoms with E-state index in [0.717, 1.165) is 0 Å². The maximum Gasteiger partial charge on any atom is 0.337 e. The van der Waals surface area contributed by atoms with Gasteiger partial charge in [0.1, 0.15) is 12.1 Å². The van der Waals surface area contributed by atoms with Crippen LogP contribution >= 0.6 is 27.5 Å². The Morgan fingerprint density at radius 2 is 2.22 bits per heavy atom. The summed E-state index contributed by atoms with van der Waals surface area (Å²) in [5.74, 6) is -0.493. The molecule has 1 heterocycles. The van der Waals surface area contributed by atoms with Gasteiger partial charge >= 0.3 is 5.97 Å². The van der Waals surface area contributed by atoms with E-state index in [0.29, 0.717) is 16.1 Å². The van der Waals surface area contributed by atoms with Gasteiger partial charge in [0.25, 0.3) is 0 Å². The van der Waals surface area contributed by atoms with Crippen molar-refractivity contribution >= 4 is 33.5 Å². The summed E-state index contributed by atoms with van der Waals surface area (Å²) in [5, 5.41) is 9.09. The van der Waals surface area contributed by atoms with Gasteiger partial charge in [-0.05, 0) is 34.1 Å². The number of hydrogen-bond acceptors (Lipinski definition) is 4. The molecule has 0 aliphatic rings. The second-order valence-electron chi connectivity index (χ2n) is 3.22. The Morgan fingerprint density at radius 3 is 2.89 bits per heavy atom. The Bertz CT molecular complexity index is 607. The van der Waals surface area contributed by atoms with Gasteiger partial charge in [0.15, 0.2) is 0 Å². The van der Waals surface area contributed by atoms with Gasteiger partial charge in [-0.25, -0.2) is 14.8 Å². The van der Waals surface area contributed by atoms with E-state index in [1.807, 2.05) is 0 Å². The SMILES string of the molecule is O=C(O)c1cc(Oc2ncncc2Br)ccc1Cl. The van der Waals surface area contributed by atoms with Crippen LogP contribution in [0.25, 0.3) is 0 Å². The van der Waals surface area contributed by atoms with Crippen LogP contribution in [0.15, 0.2) is 35.2 Å². The van der Waals surface area contributed by atoms with Crippen molar-refractivity contribution in [2.75, 3.05) is 0 Å². The normalized spacial score (nSPS) is 10.1. The third kappa shape index (κ3) is 2.77. The second kappa shape index (κ2) is 5.32. The third-order valence-corrected chi connectivity index (χ3v) is 2.89. The van der Waals surface area contributed by atoms with Crippen LogP contribution in [0.1, 0.15) is 10.4 Å². The van der Waals surface area contributed by atoms with Crippen molar-refractivity contribution in [2.24, 2.45) is 0 Å². The Kier molecular flexibility index (Phi) is 3.78. The predicted molar refractivity (Wildman–Crippen MR) is 68.2 cm³/mol. The number of carboxylic acids is 1. The largest absolute Gasteiger partial charge is 0.478 e.